The van der Waals surface area contributed by atoms with E-state index in [-0.39, 0.29) is 10.7 Å². The molecule has 2 aromatic heterocycles. The molecule has 0 saturated heterocycles. The average Bonchev–Trinajstić information content (AvgIpc) is 3.29. The first-order chi connectivity index (χ1) is 14.9. The van der Waals surface area contributed by atoms with Crippen LogP contribution >= 0.6 is 0 Å². The Kier molecular flexibility index (Phi) is 4.48. The number of nitrogens with one attached hydrogen (secondary N) is 1. The number of fused-ring (bicyclic) bond motifs is 2. The van der Waals surface area contributed by atoms with E-state index in [1.807, 2.05) is 44.2 Å². The fourth-order valence-electron chi connectivity index (χ4n) is 4.22. The molecule has 0 aliphatic carbocycles. The second-order valence-corrected chi connectivity index (χ2v) is 9.61. The van der Waals surface area contributed by atoms with Gasteiger partial charge in [-0.25, -0.2) is 16.8 Å². The molecule has 0 unspecified atom stereocenters. The van der Waals surface area contributed by atoms with Crippen LogP contribution in [-0.2, 0) is 16.4 Å². The number of hydrogen-bond acceptors (Lipinski definition) is 2. The molecule has 5 aromatic rings. The normalized spacial score (nSPS) is 12.1. The van der Waals surface area contributed by atoms with Gasteiger partial charge in [-0.1, -0.05) is 48.0 Å². The molecule has 0 aliphatic heterocycles. The van der Waals surface area contributed by atoms with Crippen LogP contribution in [0.15, 0.2) is 77.8 Å². The van der Waals surface area contributed by atoms with Gasteiger partial charge in [-0.15, -0.1) is 0 Å². The predicted molar refractivity (Wildman–Crippen MR) is 122 cm³/mol. The Morgan fingerprint density at radius 1 is 0.903 bits per heavy atom. The maximum Gasteiger partial charge on any atom is 0.268 e. The smallest absolute Gasteiger partial charge is 0.268 e. The van der Waals surface area contributed by atoms with Gasteiger partial charge in [0.1, 0.15) is 5.82 Å². The maximum atomic E-state index is 14.2. The molecule has 0 aliphatic rings. The molecule has 0 radical (unpaired) electrons. The number of aromatic nitrogens is 2. The Balaban J connectivity index is 1.76. The number of hydrogen-bond donors (Lipinski definition) is 1. The Labute approximate surface area is 180 Å². The van der Waals surface area contributed by atoms with Crippen molar-refractivity contribution in [1.82, 2.24) is 8.96 Å². The van der Waals surface area contributed by atoms with Crippen molar-refractivity contribution in [2.75, 3.05) is 0 Å². The second-order valence-electron chi connectivity index (χ2n) is 7.82. The van der Waals surface area contributed by atoms with Gasteiger partial charge in [0, 0.05) is 29.1 Å². The van der Waals surface area contributed by atoms with Gasteiger partial charge >= 0.3 is 0 Å². The molecule has 5 rings (SSSR count). The van der Waals surface area contributed by atoms with E-state index >= 15 is 0 Å². The van der Waals surface area contributed by atoms with Gasteiger partial charge in [0.2, 0.25) is 0 Å². The summed E-state index contributed by atoms with van der Waals surface area (Å²) in [6.45, 7) is 3.86. The minimum absolute atomic E-state index is 0.241. The van der Waals surface area contributed by atoms with Crippen LogP contribution < -0.4 is 0 Å². The zero-order valence-electron chi connectivity index (χ0n) is 17.2. The first-order valence-corrected chi connectivity index (χ1v) is 11.5. The summed E-state index contributed by atoms with van der Waals surface area (Å²) in [5, 5.41) is 1.64. The number of aromatic amines is 1. The zero-order chi connectivity index (χ0) is 21.8. The lowest BCUT2D eigenvalue weighted by molar-refractivity contribution is 0.587. The third-order valence-corrected chi connectivity index (χ3v) is 7.64. The molecular weight excluding hydrogens is 411 g/mol. The van der Waals surface area contributed by atoms with E-state index in [9.17, 15) is 12.8 Å². The molecular formula is C25H21FN2O2S. The molecule has 6 heteroatoms. The Hall–Kier alpha value is -3.38. The first-order valence-electron chi connectivity index (χ1n) is 10.0. The minimum Gasteiger partial charge on any atom is -0.359 e. The SMILES string of the molecule is Cc1ccc(S(=O)(=O)n2c(Cc3c[nH]c4c(F)cccc34)c(C)c3ccccc32)cc1. The number of para-hydroxylation sites is 2. The minimum atomic E-state index is -3.82. The fraction of sp³-hybridized carbons (Fsp3) is 0.120. The van der Waals surface area contributed by atoms with Crippen molar-refractivity contribution < 1.29 is 12.8 Å². The van der Waals surface area contributed by atoms with Crippen molar-refractivity contribution in [2.24, 2.45) is 0 Å². The zero-order valence-corrected chi connectivity index (χ0v) is 18.0. The first kappa shape index (κ1) is 19.6. The highest BCUT2D eigenvalue weighted by molar-refractivity contribution is 7.90. The largest absolute Gasteiger partial charge is 0.359 e. The predicted octanol–water partition coefficient (Wildman–Crippen LogP) is 5.71. The van der Waals surface area contributed by atoms with Gasteiger partial charge in [-0.05, 0) is 49.2 Å². The molecule has 3 aromatic carbocycles. The van der Waals surface area contributed by atoms with Gasteiger partial charge in [-0.2, -0.15) is 0 Å². The van der Waals surface area contributed by atoms with Crippen LogP contribution in [0, 0.1) is 19.7 Å². The third-order valence-electron chi connectivity index (χ3n) is 5.87. The van der Waals surface area contributed by atoms with Crippen molar-refractivity contribution >= 4 is 31.8 Å². The van der Waals surface area contributed by atoms with Crippen LogP contribution in [0.3, 0.4) is 0 Å². The molecule has 31 heavy (non-hydrogen) atoms. The molecule has 0 spiro atoms. The molecule has 0 atom stereocenters. The lowest BCUT2D eigenvalue weighted by Crippen LogP contribution is -2.16. The van der Waals surface area contributed by atoms with Crippen molar-refractivity contribution in [2.45, 2.75) is 25.2 Å². The van der Waals surface area contributed by atoms with Crippen molar-refractivity contribution in [3.63, 3.8) is 0 Å². The molecule has 156 valence electrons. The number of nitrogens with zero attached hydrogens (tertiary/aromatic N) is 1. The summed E-state index contributed by atoms with van der Waals surface area (Å²) in [6.07, 6.45) is 2.11. The highest BCUT2D eigenvalue weighted by Gasteiger charge is 2.26. The summed E-state index contributed by atoms with van der Waals surface area (Å²) in [5.74, 6) is -0.326. The van der Waals surface area contributed by atoms with Crippen LogP contribution in [-0.4, -0.2) is 17.4 Å². The van der Waals surface area contributed by atoms with E-state index in [2.05, 4.69) is 4.98 Å². The van der Waals surface area contributed by atoms with Gasteiger partial charge in [0.15, 0.2) is 0 Å². The van der Waals surface area contributed by atoms with Gasteiger partial charge in [0.05, 0.1) is 15.9 Å². The summed E-state index contributed by atoms with van der Waals surface area (Å²) < 4.78 is 43.1. The van der Waals surface area contributed by atoms with Crippen LogP contribution in [0.5, 0.6) is 0 Å². The Morgan fingerprint density at radius 2 is 1.61 bits per heavy atom. The molecule has 0 bridgehead atoms. The van der Waals surface area contributed by atoms with Gasteiger partial charge in [0.25, 0.3) is 10.0 Å². The maximum absolute atomic E-state index is 14.2. The number of H-pyrrole nitrogens is 1. The monoisotopic (exact) mass is 432 g/mol. The number of halogens is 1. The van der Waals surface area contributed by atoms with E-state index < -0.39 is 10.0 Å². The van der Waals surface area contributed by atoms with E-state index in [0.29, 0.717) is 23.1 Å². The third kappa shape index (κ3) is 3.06. The molecule has 0 amide bonds. The van der Waals surface area contributed by atoms with Crippen molar-refractivity contribution in [1.29, 1.82) is 0 Å². The molecule has 1 N–H and O–H groups in total. The number of aryl methyl sites for hydroxylation is 2. The van der Waals surface area contributed by atoms with E-state index in [1.165, 1.54) is 10.0 Å². The quantitative estimate of drug-likeness (QED) is 0.396. The topological polar surface area (TPSA) is 54.9 Å². The average molecular weight is 433 g/mol. The van der Waals surface area contributed by atoms with E-state index in [4.69, 9.17) is 0 Å². The Bertz CT molecular complexity index is 1540. The summed E-state index contributed by atoms with van der Waals surface area (Å²) in [7, 11) is -3.82. The number of rotatable bonds is 4. The van der Waals surface area contributed by atoms with Crippen LogP contribution in [0.1, 0.15) is 22.4 Å². The summed E-state index contributed by atoms with van der Waals surface area (Å²) >= 11 is 0. The van der Waals surface area contributed by atoms with Crippen LogP contribution in [0.4, 0.5) is 4.39 Å². The standard InChI is InChI=1S/C25H21FN2O2S/c1-16-10-12-19(13-11-16)31(29,30)28-23-9-4-3-6-20(23)17(2)24(28)14-18-15-27-25-21(18)7-5-8-22(25)26/h3-13,15,27H,14H2,1-2H3. The lowest BCUT2D eigenvalue weighted by Gasteiger charge is -2.13. The van der Waals surface area contributed by atoms with E-state index in [0.717, 1.165) is 27.5 Å². The molecule has 0 saturated carbocycles. The highest BCUT2D eigenvalue weighted by Crippen LogP contribution is 2.33. The molecule has 0 fully saturated rings. The van der Waals surface area contributed by atoms with E-state index in [1.54, 1.807) is 36.5 Å². The fourth-order valence-corrected chi connectivity index (χ4v) is 5.82. The van der Waals surface area contributed by atoms with Gasteiger partial charge < -0.3 is 4.98 Å². The lowest BCUT2D eigenvalue weighted by atomic mass is 10.1. The summed E-state index contributed by atoms with van der Waals surface area (Å²) in [6, 6.07) is 19.3. The van der Waals surface area contributed by atoms with Crippen LogP contribution in [0.2, 0.25) is 0 Å². The summed E-state index contributed by atoms with van der Waals surface area (Å²) in [4.78, 5) is 3.23. The molecule has 4 nitrogen and oxygen atoms in total. The van der Waals surface area contributed by atoms with Gasteiger partial charge in [-0.3, -0.25) is 0 Å². The number of benzene rings is 3. The van der Waals surface area contributed by atoms with Crippen LogP contribution in [0.25, 0.3) is 21.8 Å². The summed E-state index contributed by atoms with van der Waals surface area (Å²) in [5.41, 5.74) is 4.49. The molecule has 2 heterocycles. The van der Waals surface area contributed by atoms with Crippen molar-refractivity contribution in [3.05, 3.63) is 101 Å². The van der Waals surface area contributed by atoms with Crippen molar-refractivity contribution in [3.8, 4) is 0 Å². The second kappa shape index (κ2) is 7.10. The Morgan fingerprint density at radius 3 is 2.39 bits per heavy atom. The highest BCUT2D eigenvalue weighted by atomic mass is 32.2.